The molecule has 7 heteroatoms. The number of aromatic hydroxyl groups is 1. The molecule has 0 aliphatic carbocycles. The monoisotopic (exact) mass is 479 g/mol. The first-order valence-corrected chi connectivity index (χ1v) is 9.02. The SMILES string of the molecule is CCNC(=NCCCOCC(C)C)NCCc1ccc(O)c(OC)c1.I. The maximum absolute atomic E-state index is 9.63. The molecule has 1 aromatic carbocycles. The molecule has 0 aliphatic rings. The Morgan fingerprint density at radius 1 is 1.27 bits per heavy atom. The van der Waals surface area contributed by atoms with Crippen LogP contribution in [0, 0.1) is 5.92 Å². The van der Waals surface area contributed by atoms with Gasteiger partial charge in [-0.15, -0.1) is 24.0 Å². The third-order valence-electron chi connectivity index (χ3n) is 3.46. The van der Waals surface area contributed by atoms with Crippen molar-refractivity contribution in [1.29, 1.82) is 0 Å². The predicted octanol–water partition coefficient (Wildman–Crippen LogP) is 3.18. The molecular formula is C19H34IN3O3. The van der Waals surface area contributed by atoms with Crippen LogP contribution in [0.4, 0.5) is 0 Å². The number of phenols is 1. The molecule has 0 unspecified atom stereocenters. The number of benzene rings is 1. The number of halogens is 1. The summed E-state index contributed by atoms with van der Waals surface area (Å²) in [6, 6.07) is 5.41. The van der Waals surface area contributed by atoms with E-state index < -0.39 is 0 Å². The molecule has 0 amide bonds. The minimum absolute atomic E-state index is 0. The molecule has 0 spiro atoms. The molecule has 0 bridgehead atoms. The second-order valence-electron chi connectivity index (χ2n) is 6.27. The minimum Gasteiger partial charge on any atom is -0.504 e. The molecule has 26 heavy (non-hydrogen) atoms. The Bertz CT molecular complexity index is 525. The molecule has 0 fully saturated rings. The zero-order chi connectivity index (χ0) is 18.5. The number of hydrogen-bond acceptors (Lipinski definition) is 4. The summed E-state index contributed by atoms with van der Waals surface area (Å²) in [5.74, 6) is 2.05. The number of aliphatic imine (C=N–C) groups is 1. The molecular weight excluding hydrogens is 445 g/mol. The van der Waals surface area contributed by atoms with E-state index in [9.17, 15) is 5.11 Å². The number of guanidine groups is 1. The van der Waals surface area contributed by atoms with E-state index in [4.69, 9.17) is 9.47 Å². The lowest BCUT2D eigenvalue weighted by atomic mass is 10.1. The van der Waals surface area contributed by atoms with Gasteiger partial charge in [-0.2, -0.15) is 0 Å². The Morgan fingerprint density at radius 2 is 2.04 bits per heavy atom. The summed E-state index contributed by atoms with van der Waals surface area (Å²) in [7, 11) is 1.55. The molecule has 0 atom stereocenters. The molecule has 0 aromatic heterocycles. The zero-order valence-corrected chi connectivity index (χ0v) is 18.7. The van der Waals surface area contributed by atoms with Crippen LogP contribution >= 0.6 is 24.0 Å². The second-order valence-corrected chi connectivity index (χ2v) is 6.27. The Kier molecular flexibility index (Phi) is 14.2. The van der Waals surface area contributed by atoms with E-state index >= 15 is 0 Å². The van der Waals surface area contributed by atoms with Crippen molar-refractivity contribution < 1.29 is 14.6 Å². The van der Waals surface area contributed by atoms with Crippen LogP contribution in [0.1, 0.15) is 32.8 Å². The molecule has 3 N–H and O–H groups in total. The molecule has 0 saturated carbocycles. The molecule has 1 rings (SSSR count). The van der Waals surface area contributed by atoms with Gasteiger partial charge in [-0.05, 0) is 43.4 Å². The van der Waals surface area contributed by atoms with Crippen molar-refractivity contribution in [3.8, 4) is 11.5 Å². The number of rotatable bonds is 11. The number of nitrogens with zero attached hydrogens (tertiary/aromatic N) is 1. The highest BCUT2D eigenvalue weighted by Gasteiger charge is 2.03. The summed E-state index contributed by atoms with van der Waals surface area (Å²) < 4.78 is 10.7. The van der Waals surface area contributed by atoms with Crippen molar-refractivity contribution in [1.82, 2.24) is 10.6 Å². The van der Waals surface area contributed by atoms with Gasteiger partial charge in [-0.25, -0.2) is 0 Å². The maximum Gasteiger partial charge on any atom is 0.191 e. The van der Waals surface area contributed by atoms with Gasteiger partial charge in [0.05, 0.1) is 7.11 Å². The van der Waals surface area contributed by atoms with Crippen molar-refractivity contribution in [2.45, 2.75) is 33.6 Å². The molecule has 0 heterocycles. The van der Waals surface area contributed by atoms with Crippen LogP contribution in [-0.4, -0.2) is 51.0 Å². The largest absolute Gasteiger partial charge is 0.504 e. The highest BCUT2D eigenvalue weighted by molar-refractivity contribution is 14.0. The van der Waals surface area contributed by atoms with Crippen LogP contribution in [-0.2, 0) is 11.2 Å². The van der Waals surface area contributed by atoms with Crippen molar-refractivity contribution in [3.63, 3.8) is 0 Å². The first kappa shape index (κ1) is 24.8. The third kappa shape index (κ3) is 10.7. The van der Waals surface area contributed by atoms with E-state index in [1.165, 1.54) is 0 Å². The fourth-order valence-electron chi connectivity index (χ4n) is 2.22. The number of phenolic OH excluding ortho intramolecular Hbond substituents is 1. The van der Waals surface area contributed by atoms with Gasteiger partial charge < -0.3 is 25.2 Å². The van der Waals surface area contributed by atoms with Crippen molar-refractivity contribution in [2.24, 2.45) is 10.9 Å². The van der Waals surface area contributed by atoms with E-state index in [0.29, 0.717) is 11.7 Å². The van der Waals surface area contributed by atoms with Gasteiger partial charge in [0.2, 0.25) is 0 Å². The first-order valence-electron chi connectivity index (χ1n) is 9.02. The molecule has 0 aliphatic heterocycles. The fourth-order valence-corrected chi connectivity index (χ4v) is 2.22. The number of hydrogen-bond donors (Lipinski definition) is 3. The standard InChI is InChI=1S/C19H33N3O3.HI/c1-5-20-19(21-10-6-12-25-14-15(2)3)22-11-9-16-7-8-17(23)18(13-16)24-4;/h7-8,13,15,23H,5-6,9-12,14H2,1-4H3,(H2,20,21,22);1H. The zero-order valence-electron chi connectivity index (χ0n) is 16.4. The van der Waals surface area contributed by atoms with Crippen molar-refractivity contribution in [2.75, 3.05) is 40.0 Å². The van der Waals surface area contributed by atoms with Crippen LogP contribution < -0.4 is 15.4 Å². The van der Waals surface area contributed by atoms with Gasteiger partial charge in [0.25, 0.3) is 0 Å². The van der Waals surface area contributed by atoms with Gasteiger partial charge in [0, 0.05) is 32.8 Å². The van der Waals surface area contributed by atoms with Crippen molar-refractivity contribution >= 4 is 29.9 Å². The van der Waals surface area contributed by atoms with Crippen LogP contribution in [0.3, 0.4) is 0 Å². The Balaban J connectivity index is 0.00000625. The second kappa shape index (κ2) is 14.9. The normalized spacial score (nSPS) is 11.2. The summed E-state index contributed by atoms with van der Waals surface area (Å²) in [5.41, 5.74) is 1.10. The van der Waals surface area contributed by atoms with Gasteiger partial charge >= 0.3 is 0 Å². The Hall–Kier alpha value is -1.22. The highest BCUT2D eigenvalue weighted by Crippen LogP contribution is 2.26. The third-order valence-corrected chi connectivity index (χ3v) is 3.46. The van der Waals surface area contributed by atoms with Gasteiger partial charge in [-0.1, -0.05) is 19.9 Å². The van der Waals surface area contributed by atoms with Crippen molar-refractivity contribution in [3.05, 3.63) is 23.8 Å². The molecule has 0 saturated heterocycles. The Morgan fingerprint density at radius 3 is 2.69 bits per heavy atom. The maximum atomic E-state index is 9.63. The topological polar surface area (TPSA) is 75.1 Å². The van der Waals surface area contributed by atoms with Gasteiger partial charge in [0.1, 0.15) is 0 Å². The fraction of sp³-hybridized carbons (Fsp3) is 0.632. The van der Waals surface area contributed by atoms with E-state index in [2.05, 4.69) is 29.5 Å². The van der Waals surface area contributed by atoms with Gasteiger partial charge in [-0.3, -0.25) is 4.99 Å². The van der Waals surface area contributed by atoms with Crippen LogP contribution in [0.5, 0.6) is 11.5 Å². The highest BCUT2D eigenvalue weighted by atomic mass is 127. The molecule has 0 radical (unpaired) electrons. The summed E-state index contributed by atoms with van der Waals surface area (Å²) in [5, 5.41) is 16.2. The summed E-state index contributed by atoms with van der Waals surface area (Å²) in [4.78, 5) is 4.56. The average molecular weight is 479 g/mol. The van der Waals surface area contributed by atoms with E-state index in [1.807, 2.05) is 19.1 Å². The number of methoxy groups -OCH3 is 1. The Labute approximate surface area is 174 Å². The minimum atomic E-state index is 0. The average Bonchev–Trinajstić information content (AvgIpc) is 2.59. The van der Waals surface area contributed by atoms with Crippen LogP contribution in [0.25, 0.3) is 0 Å². The smallest absolute Gasteiger partial charge is 0.191 e. The lowest BCUT2D eigenvalue weighted by molar-refractivity contribution is 0.109. The lowest BCUT2D eigenvalue weighted by Crippen LogP contribution is -2.38. The first-order chi connectivity index (χ1) is 12.1. The number of nitrogens with one attached hydrogen (secondary N) is 2. The van der Waals surface area contributed by atoms with E-state index in [1.54, 1.807) is 13.2 Å². The summed E-state index contributed by atoms with van der Waals surface area (Å²) >= 11 is 0. The summed E-state index contributed by atoms with van der Waals surface area (Å²) in [6.45, 7) is 10.2. The van der Waals surface area contributed by atoms with Crippen LogP contribution in [0.15, 0.2) is 23.2 Å². The van der Waals surface area contributed by atoms with E-state index in [-0.39, 0.29) is 29.7 Å². The lowest BCUT2D eigenvalue weighted by Gasteiger charge is -2.12. The predicted molar refractivity (Wildman–Crippen MR) is 118 cm³/mol. The van der Waals surface area contributed by atoms with Gasteiger partial charge in [0.15, 0.2) is 17.5 Å². The van der Waals surface area contributed by atoms with E-state index in [0.717, 1.165) is 57.2 Å². The molecule has 1 aromatic rings. The van der Waals surface area contributed by atoms with Crippen LogP contribution in [0.2, 0.25) is 0 Å². The summed E-state index contributed by atoms with van der Waals surface area (Å²) in [6.07, 6.45) is 1.73. The number of ether oxygens (including phenoxy) is 2. The molecule has 6 nitrogen and oxygen atoms in total. The quantitative estimate of drug-likeness (QED) is 0.197. The molecule has 150 valence electrons.